The number of aryl methyl sites for hydroxylation is 1. The molecule has 1 aromatic carbocycles. The number of rotatable bonds is 6. The van der Waals surface area contributed by atoms with Crippen molar-refractivity contribution in [2.45, 2.75) is 26.2 Å². The second-order valence-corrected chi connectivity index (χ2v) is 4.65. The van der Waals surface area contributed by atoms with Gasteiger partial charge in [-0.15, -0.1) is 0 Å². The number of hydrogen-bond acceptors (Lipinski definition) is 2. The van der Waals surface area contributed by atoms with E-state index in [-0.39, 0.29) is 6.42 Å². The molecule has 0 aliphatic rings. The lowest BCUT2D eigenvalue weighted by molar-refractivity contribution is -0.137. The van der Waals surface area contributed by atoms with Gasteiger partial charge < -0.3 is 10.4 Å². The number of nitrogens with one attached hydrogen (secondary N) is 1. The summed E-state index contributed by atoms with van der Waals surface area (Å²) in [6.45, 7) is 2.86. The van der Waals surface area contributed by atoms with Gasteiger partial charge in [0.05, 0.1) is 0 Å². The molecule has 0 heterocycles. The van der Waals surface area contributed by atoms with Gasteiger partial charge in [0.15, 0.2) is 0 Å². The Kier molecular flexibility index (Phi) is 5.32. The Hall–Kier alpha value is -1.03. The summed E-state index contributed by atoms with van der Waals surface area (Å²) in [4.78, 5) is 10.3. The van der Waals surface area contributed by atoms with Crippen molar-refractivity contribution in [3.63, 3.8) is 0 Å². The van der Waals surface area contributed by atoms with Crippen molar-refractivity contribution in [3.05, 3.63) is 28.2 Å². The van der Waals surface area contributed by atoms with Gasteiger partial charge in [-0.05, 0) is 43.5 Å². The van der Waals surface area contributed by atoms with Gasteiger partial charge in [0, 0.05) is 23.1 Å². The van der Waals surface area contributed by atoms with Gasteiger partial charge in [-0.25, -0.2) is 0 Å². The molecular formula is C12H16BrNO2. The summed E-state index contributed by atoms with van der Waals surface area (Å²) in [6.07, 6.45) is 1.85. The smallest absolute Gasteiger partial charge is 0.303 e. The minimum atomic E-state index is -0.722. The summed E-state index contributed by atoms with van der Waals surface area (Å²) < 4.78 is 1.07. The molecule has 2 N–H and O–H groups in total. The zero-order chi connectivity index (χ0) is 12.0. The quantitative estimate of drug-likeness (QED) is 0.788. The van der Waals surface area contributed by atoms with E-state index in [9.17, 15) is 4.79 Å². The lowest BCUT2D eigenvalue weighted by Gasteiger charge is -2.09. The molecular weight excluding hydrogens is 270 g/mol. The number of carboxylic acid groups (broad SMARTS) is 1. The monoisotopic (exact) mass is 285 g/mol. The maximum atomic E-state index is 10.3. The van der Waals surface area contributed by atoms with Crippen LogP contribution in [0.2, 0.25) is 0 Å². The molecule has 1 aromatic rings. The second-order valence-electron chi connectivity index (χ2n) is 3.74. The summed E-state index contributed by atoms with van der Waals surface area (Å²) in [6, 6.07) is 6.07. The number of halogens is 1. The molecule has 4 heteroatoms. The molecule has 0 aliphatic carbocycles. The fraction of sp³-hybridized carbons (Fsp3) is 0.417. The third kappa shape index (κ3) is 4.66. The Morgan fingerprint density at radius 3 is 2.81 bits per heavy atom. The van der Waals surface area contributed by atoms with Gasteiger partial charge in [-0.2, -0.15) is 0 Å². The molecule has 0 saturated heterocycles. The van der Waals surface area contributed by atoms with Crippen molar-refractivity contribution in [2.24, 2.45) is 0 Å². The van der Waals surface area contributed by atoms with Gasteiger partial charge in [-0.1, -0.05) is 15.9 Å². The normalized spacial score (nSPS) is 10.1. The first-order chi connectivity index (χ1) is 7.59. The van der Waals surface area contributed by atoms with Crippen LogP contribution in [0.25, 0.3) is 0 Å². The first-order valence-electron chi connectivity index (χ1n) is 5.31. The Bertz CT molecular complexity index is 366. The van der Waals surface area contributed by atoms with E-state index in [2.05, 4.69) is 27.3 Å². The Labute approximate surface area is 104 Å². The number of carbonyl (C=O) groups is 1. The van der Waals surface area contributed by atoms with Crippen molar-refractivity contribution < 1.29 is 9.90 Å². The van der Waals surface area contributed by atoms with Crippen LogP contribution in [0, 0.1) is 6.92 Å². The molecule has 0 amide bonds. The third-order valence-corrected chi connectivity index (χ3v) is 2.81. The third-order valence-electron chi connectivity index (χ3n) is 2.32. The predicted molar refractivity (Wildman–Crippen MR) is 68.9 cm³/mol. The van der Waals surface area contributed by atoms with Crippen LogP contribution in [0.15, 0.2) is 22.7 Å². The highest BCUT2D eigenvalue weighted by Crippen LogP contribution is 2.19. The number of hydrogen-bond donors (Lipinski definition) is 2. The van der Waals surface area contributed by atoms with Crippen LogP contribution >= 0.6 is 15.9 Å². The highest BCUT2D eigenvalue weighted by Gasteiger charge is 1.99. The Balaban J connectivity index is 2.29. The molecule has 88 valence electrons. The van der Waals surface area contributed by atoms with E-state index < -0.39 is 5.97 Å². The van der Waals surface area contributed by atoms with Gasteiger partial charge in [0.25, 0.3) is 0 Å². The molecule has 0 unspecified atom stereocenters. The van der Waals surface area contributed by atoms with E-state index >= 15 is 0 Å². The van der Waals surface area contributed by atoms with Gasteiger partial charge in [0.2, 0.25) is 0 Å². The second kappa shape index (κ2) is 6.53. The number of anilines is 1. The lowest BCUT2D eigenvalue weighted by Crippen LogP contribution is -2.04. The van der Waals surface area contributed by atoms with Crippen molar-refractivity contribution in [3.8, 4) is 0 Å². The summed E-state index contributed by atoms with van der Waals surface area (Å²) >= 11 is 3.41. The van der Waals surface area contributed by atoms with Crippen LogP contribution < -0.4 is 5.32 Å². The molecule has 0 aromatic heterocycles. The first-order valence-corrected chi connectivity index (χ1v) is 6.10. The maximum absolute atomic E-state index is 10.3. The Morgan fingerprint density at radius 1 is 1.44 bits per heavy atom. The highest BCUT2D eigenvalue weighted by molar-refractivity contribution is 9.10. The summed E-state index contributed by atoms with van der Waals surface area (Å²) in [7, 11) is 0. The minimum Gasteiger partial charge on any atom is -0.481 e. The SMILES string of the molecule is Cc1cc(Br)ccc1NCCCCC(=O)O. The fourth-order valence-corrected chi connectivity index (χ4v) is 1.93. The molecule has 0 saturated carbocycles. The van der Waals surface area contributed by atoms with Crippen LogP contribution in [0.4, 0.5) is 5.69 Å². The largest absolute Gasteiger partial charge is 0.481 e. The standard InChI is InChI=1S/C12H16BrNO2/c1-9-8-10(13)5-6-11(9)14-7-3-2-4-12(15)16/h5-6,8,14H,2-4,7H2,1H3,(H,15,16). The highest BCUT2D eigenvalue weighted by atomic mass is 79.9. The number of aliphatic carboxylic acids is 1. The molecule has 0 spiro atoms. The molecule has 3 nitrogen and oxygen atoms in total. The summed E-state index contributed by atoms with van der Waals surface area (Å²) in [5.41, 5.74) is 2.30. The predicted octanol–water partition coefficient (Wildman–Crippen LogP) is 3.42. The van der Waals surface area contributed by atoms with Gasteiger partial charge >= 0.3 is 5.97 Å². The van der Waals surface area contributed by atoms with E-state index in [1.807, 2.05) is 19.1 Å². The van der Waals surface area contributed by atoms with E-state index in [1.54, 1.807) is 0 Å². The fourth-order valence-electron chi connectivity index (χ4n) is 1.45. The number of carboxylic acids is 1. The van der Waals surface area contributed by atoms with Crippen molar-refractivity contribution in [1.29, 1.82) is 0 Å². The van der Waals surface area contributed by atoms with Gasteiger partial charge in [0.1, 0.15) is 0 Å². The maximum Gasteiger partial charge on any atom is 0.303 e. The average Bonchev–Trinajstić information content (AvgIpc) is 2.20. The van der Waals surface area contributed by atoms with E-state index in [1.165, 1.54) is 5.56 Å². The van der Waals surface area contributed by atoms with E-state index in [0.29, 0.717) is 0 Å². The van der Waals surface area contributed by atoms with Crippen molar-refractivity contribution in [1.82, 2.24) is 0 Å². The van der Waals surface area contributed by atoms with Crippen LogP contribution in [0.5, 0.6) is 0 Å². The van der Waals surface area contributed by atoms with Crippen molar-refractivity contribution >= 4 is 27.6 Å². The van der Waals surface area contributed by atoms with E-state index in [4.69, 9.17) is 5.11 Å². The lowest BCUT2D eigenvalue weighted by atomic mass is 10.2. The van der Waals surface area contributed by atoms with Crippen LogP contribution in [0.1, 0.15) is 24.8 Å². The molecule has 0 aliphatic heterocycles. The van der Waals surface area contributed by atoms with Gasteiger partial charge in [-0.3, -0.25) is 4.79 Å². The average molecular weight is 286 g/mol. The number of benzene rings is 1. The molecule has 0 atom stereocenters. The molecule has 0 radical (unpaired) electrons. The molecule has 0 fully saturated rings. The van der Waals surface area contributed by atoms with E-state index in [0.717, 1.165) is 29.5 Å². The van der Waals surface area contributed by atoms with Crippen LogP contribution in [0.3, 0.4) is 0 Å². The Morgan fingerprint density at radius 2 is 2.19 bits per heavy atom. The van der Waals surface area contributed by atoms with Crippen molar-refractivity contribution in [2.75, 3.05) is 11.9 Å². The van der Waals surface area contributed by atoms with Crippen LogP contribution in [-0.2, 0) is 4.79 Å². The zero-order valence-corrected chi connectivity index (χ0v) is 10.9. The van der Waals surface area contributed by atoms with Crippen LogP contribution in [-0.4, -0.2) is 17.6 Å². The molecule has 0 bridgehead atoms. The zero-order valence-electron chi connectivity index (χ0n) is 9.29. The molecule has 16 heavy (non-hydrogen) atoms. The summed E-state index contributed by atoms with van der Waals surface area (Å²) in [5, 5.41) is 11.8. The minimum absolute atomic E-state index is 0.251. The molecule has 1 rings (SSSR count). The first kappa shape index (κ1) is 13.0. The number of unbranched alkanes of at least 4 members (excludes halogenated alkanes) is 1. The topological polar surface area (TPSA) is 49.3 Å². The summed E-state index contributed by atoms with van der Waals surface area (Å²) in [5.74, 6) is -0.722.